The summed E-state index contributed by atoms with van der Waals surface area (Å²) in [6.07, 6.45) is 7.40. The molecule has 20 heavy (non-hydrogen) atoms. The Morgan fingerprint density at radius 2 is 1.40 bits per heavy atom. The summed E-state index contributed by atoms with van der Waals surface area (Å²) in [6, 6.07) is 6.45. The van der Waals surface area contributed by atoms with Gasteiger partial charge in [-0.1, -0.05) is 30.4 Å². The molecule has 1 rings (SSSR count). The highest BCUT2D eigenvalue weighted by molar-refractivity contribution is 5.75. The van der Waals surface area contributed by atoms with Crippen LogP contribution in [0, 0.1) is 0 Å². The Morgan fingerprint density at radius 1 is 0.950 bits per heavy atom. The van der Waals surface area contributed by atoms with Gasteiger partial charge in [-0.3, -0.25) is 9.59 Å². The molecule has 0 amide bonds. The van der Waals surface area contributed by atoms with Crippen molar-refractivity contribution >= 4 is 11.9 Å². The van der Waals surface area contributed by atoms with Crippen LogP contribution in [0.4, 0.5) is 0 Å². The molecule has 0 spiro atoms. The van der Waals surface area contributed by atoms with E-state index in [4.69, 9.17) is 9.47 Å². The molecule has 0 aliphatic heterocycles. The number of hydrogen-bond donors (Lipinski definition) is 0. The summed E-state index contributed by atoms with van der Waals surface area (Å²) in [4.78, 5) is 22.9. The second-order valence-electron chi connectivity index (χ2n) is 3.97. The normalized spacial score (nSPS) is 10.9. The van der Waals surface area contributed by atoms with Crippen molar-refractivity contribution in [3.8, 4) is 11.5 Å². The smallest absolute Gasteiger partial charge is 0.315 e. The molecule has 0 bridgehead atoms. The molecule has 1 aromatic carbocycles. The average Bonchev–Trinajstić information content (AvgIpc) is 2.43. The Balaban J connectivity index is 2.61. The molecule has 0 saturated carbocycles. The number of rotatable bonds is 6. The van der Waals surface area contributed by atoms with Crippen LogP contribution in [0.2, 0.25) is 0 Å². The van der Waals surface area contributed by atoms with Gasteiger partial charge in [0.15, 0.2) is 0 Å². The number of carbonyl (C=O) groups excluding carboxylic acids is 2. The first-order valence-electron chi connectivity index (χ1n) is 6.39. The minimum atomic E-state index is -0.361. The SMILES string of the molecule is C/C=C/CC(=O)Oc1cccc(OC(=O)C/C=C/C)c1. The van der Waals surface area contributed by atoms with Crippen molar-refractivity contribution in [2.75, 3.05) is 0 Å². The molecule has 4 heteroatoms. The van der Waals surface area contributed by atoms with Crippen molar-refractivity contribution in [2.45, 2.75) is 26.7 Å². The molecule has 0 atom stereocenters. The quantitative estimate of drug-likeness (QED) is 0.453. The first-order valence-corrected chi connectivity index (χ1v) is 6.39. The third-order valence-corrected chi connectivity index (χ3v) is 2.31. The van der Waals surface area contributed by atoms with Crippen LogP contribution in [-0.4, -0.2) is 11.9 Å². The fourth-order valence-electron chi connectivity index (χ4n) is 1.38. The van der Waals surface area contributed by atoms with Gasteiger partial charge in [-0.25, -0.2) is 0 Å². The monoisotopic (exact) mass is 274 g/mol. The first kappa shape index (κ1) is 15.7. The van der Waals surface area contributed by atoms with Gasteiger partial charge in [-0.2, -0.15) is 0 Å². The van der Waals surface area contributed by atoms with Crippen LogP contribution in [0.1, 0.15) is 26.7 Å². The van der Waals surface area contributed by atoms with Crippen molar-refractivity contribution in [2.24, 2.45) is 0 Å². The fourth-order valence-corrected chi connectivity index (χ4v) is 1.38. The molecule has 0 heterocycles. The molecule has 0 N–H and O–H groups in total. The molecular formula is C16H18O4. The molecule has 0 saturated heterocycles. The Bertz CT molecular complexity index is 472. The van der Waals surface area contributed by atoms with Crippen LogP contribution < -0.4 is 9.47 Å². The Kier molecular flexibility index (Phi) is 6.82. The number of hydrogen-bond acceptors (Lipinski definition) is 4. The lowest BCUT2D eigenvalue weighted by atomic mass is 10.3. The van der Waals surface area contributed by atoms with Gasteiger partial charge in [0.25, 0.3) is 0 Å². The zero-order valence-electron chi connectivity index (χ0n) is 11.7. The van der Waals surface area contributed by atoms with Crippen molar-refractivity contribution in [1.82, 2.24) is 0 Å². The summed E-state index contributed by atoms with van der Waals surface area (Å²) in [5.41, 5.74) is 0. The highest BCUT2D eigenvalue weighted by atomic mass is 16.5. The maximum absolute atomic E-state index is 11.5. The second kappa shape index (κ2) is 8.69. The maximum Gasteiger partial charge on any atom is 0.315 e. The van der Waals surface area contributed by atoms with E-state index in [0.717, 1.165) is 0 Å². The van der Waals surface area contributed by atoms with Crippen LogP contribution in [0.15, 0.2) is 48.6 Å². The van der Waals surface area contributed by atoms with Crippen molar-refractivity contribution in [3.63, 3.8) is 0 Å². The Labute approximate surface area is 118 Å². The number of benzene rings is 1. The number of carbonyl (C=O) groups is 2. The lowest BCUT2D eigenvalue weighted by Gasteiger charge is -2.06. The lowest BCUT2D eigenvalue weighted by Crippen LogP contribution is -2.08. The Hall–Kier alpha value is -2.36. The van der Waals surface area contributed by atoms with Crippen molar-refractivity contribution < 1.29 is 19.1 Å². The number of esters is 2. The van der Waals surface area contributed by atoms with Gasteiger partial charge < -0.3 is 9.47 Å². The molecule has 0 fully saturated rings. The molecule has 0 aliphatic rings. The third kappa shape index (κ3) is 6.00. The van der Waals surface area contributed by atoms with Crippen LogP contribution in [0.25, 0.3) is 0 Å². The van der Waals surface area contributed by atoms with E-state index in [9.17, 15) is 9.59 Å². The minimum absolute atomic E-state index is 0.210. The van der Waals surface area contributed by atoms with E-state index in [1.165, 1.54) is 6.07 Å². The predicted molar refractivity (Wildman–Crippen MR) is 76.6 cm³/mol. The van der Waals surface area contributed by atoms with E-state index < -0.39 is 0 Å². The molecule has 0 unspecified atom stereocenters. The molecule has 1 aromatic rings. The van der Waals surface area contributed by atoms with E-state index in [2.05, 4.69) is 0 Å². The zero-order chi connectivity index (χ0) is 14.8. The molecule has 0 radical (unpaired) electrons. The standard InChI is InChI=1S/C16H18O4/c1-3-5-10-15(17)19-13-8-7-9-14(12-13)20-16(18)11-6-4-2/h3-9,12H,10-11H2,1-2H3/b5-3+,6-4+. The average molecular weight is 274 g/mol. The van der Waals surface area contributed by atoms with Gasteiger partial charge in [-0.15, -0.1) is 0 Å². The summed E-state index contributed by atoms with van der Waals surface area (Å²) < 4.78 is 10.2. The van der Waals surface area contributed by atoms with E-state index in [1.807, 2.05) is 13.8 Å². The summed E-state index contributed by atoms with van der Waals surface area (Å²) in [7, 11) is 0. The molecule has 0 aromatic heterocycles. The third-order valence-electron chi connectivity index (χ3n) is 2.31. The summed E-state index contributed by atoms with van der Waals surface area (Å²) in [5, 5.41) is 0. The number of allylic oxidation sites excluding steroid dienone is 2. The molecule has 0 aliphatic carbocycles. The van der Waals surface area contributed by atoms with Crippen molar-refractivity contribution in [1.29, 1.82) is 0 Å². The zero-order valence-corrected chi connectivity index (χ0v) is 11.7. The highest BCUT2D eigenvalue weighted by Gasteiger charge is 2.06. The second-order valence-corrected chi connectivity index (χ2v) is 3.97. The van der Waals surface area contributed by atoms with E-state index in [1.54, 1.807) is 42.5 Å². The number of ether oxygens (including phenoxy) is 2. The van der Waals surface area contributed by atoms with Gasteiger partial charge in [-0.05, 0) is 26.0 Å². The Morgan fingerprint density at radius 3 is 1.80 bits per heavy atom. The molecule has 4 nitrogen and oxygen atoms in total. The first-order chi connectivity index (χ1) is 9.65. The lowest BCUT2D eigenvalue weighted by molar-refractivity contribution is -0.133. The van der Waals surface area contributed by atoms with E-state index in [0.29, 0.717) is 11.5 Å². The summed E-state index contributed by atoms with van der Waals surface area (Å²) in [6.45, 7) is 3.66. The van der Waals surface area contributed by atoms with Gasteiger partial charge in [0.2, 0.25) is 0 Å². The van der Waals surface area contributed by atoms with Crippen LogP contribution in [-0.2, 0) is 9.59 Å². The topological polar surface area (TPSA) is 52.6 Å². The summed E-state index contributed by atoms with van der Waals surface area (Å²) in [5.74, 6) is -0.00680. The predicted octanol–water partition coefficient (Wildman–Crippen LogP) is 3.43. The van der Waals surface area contributed by atoms with Crippen LogP contribution in [0.3, 0.4) is 0 Å². The van der Waals surface area contributed by atoms with E-state index >= 15 is 0 Å². The summed E-state index contributed by atoms with van der Waals surface area (Å²) >= 11 is 0. The molecular weight excluding hydrogens is 256 g/mol. The van der Waals surface area contributed by atoms with Gasteiger partial charge in [0.05, 0.1) is 12.8 Å². The van der Waals surface area contributed by atoms with Gasteiger partial charge >= 0.3 is 11.9 Å². The minimum Gasteiger partial charge on any atom is -0.426 e. The van der Waals surface area contributed by atoms with Crippen molar-refractivity contribution in [3.05, 3.63) is 48.6 Å². The van der Waals surface area contributed by atoms with Gasteiger partial charge in [0.1, 0.15) is 11.5 Å². The van der Waals surface area contributed by atoms with Crippen LogP contribution in [0.5, 0.6) is 11.5 Å². The highest BCUT2D eigenvalue weighted by Crippen LogP contribution is 2.20. The van der Waals surface area contributed by atoms with Gasteiger partial charge in [0, 0.05) is 6.07 Å². The fraction of sp³-hybridized carbons (Fsp3) is 0.250. The molecule has 106 valence electrons. The largest absolute Gasteiger partial charge is 0.426 e. The maximum atomic E-state index is 11.5. The van der Waals surface area contributed by atoms with Crippen LogP contribution >= 0.6 is 0 Å². The van der Waals surface area contributed by atoms with E-state index in [-0.39, 0.29) is 24.8 Å².